The van der Waals surface area contributed by atoms with Crippen LogP contribution in [0.25, 0.3) is 10.6 Å². The van der Waals surface area contributed by atoms with Gasteiger partial charge in [0, 0.05) is 16.7 Å². The van der Waals surface area contributed by atoms with Gasteiger partial charge in [0.1, 0.15) is 5.01 Å². The molecule has 0 spiro atoms. The summed E-state index contributed by atoms with van der Waals surface area (Å²) in [5, 5.41) is 20.0. The number of nitriles is 1. The van der Waals surface area contributed by atoms with Gasteiger partial charge in [-0.3, -0.25) is 4.79 Å². The molecule has 1 heterocycles. The number of benzene rings is 1. The van der Waals surface area contributed by atoms with Crippen molar-refractivity contribution in [3.05, 3.63) is 40.9 Å². The Morgan fingerprint density at radius 1 is 1.45 bits per heavy atom. The molecule has 102 valence electrons. The number of rotatable bonds is 6. The molecule has 0 unspecified atom stereocenters. The maximum atomic E-state index is 10.7. The van der Waals surface area contributed by atoms with Crippen LogP contribution in [0.2, 0.25) is 0 Å². The van der Waals surface area contributed by atoms with Gasteiger partial charge >= 0.3 is 5.97 Å². The van der Waals surface area contributed by atoms with E-state index in [9.17, 15) is 4.79 Å². The van der Waals surface area contributed by atoms with Crippen LogP contribution >= 0.6 is 23.1 Å². The van der Waals surface area contributed by atoms with E-state index < -0.39 is 5.97 Å². The zero-order chi connectivity index (χ0) is 14.4. The first-order valence-electron chi connectivity index (χ1n) is 5.90. The zero-order valence-corrected chi connectivity index (χ0v) is 12.2. The Morgan fingerprint density at radius 3 is 3.00 bits per heavy atom. The molecule has 2 rings (SSSR count). The first kappa shape index (κ1) is 14.6. The summed E-state index contributed by atoms with van der Waals surface area (Å²) >= 11 is 3.00. The maximum Gasteiger partial charge on any atom is 0.309 e. The first-order chi connectivity index (χ1) is 9.70. The normalized spacial score (nSPS) is 10.2. The predicted octanol–water partition coefficient (Wildman–Crippen LogP) is 3.19. The molecule has 20 heavy (non-hydrogen) atoms. The number of hydrogen-bond acceptors (Lipinski definition) is 5. The molecule has 4 nitrogen and oxygen atoms in total. The lowest BCUT2D eigenvalue weighted by Gasteiger charge is -2.05. The largest absolute Gasteiger partial charge is 0.481 e. The number of carboxylic acid groups (broad SMARTS) is 1. The third-order valence-corrected chi connectivity index (χ3v) is 4.33. The second kappa shape index (κ2) is 7.08. The van der Waals surface area contributed by atoms with Crippen LogP contribution in [0.4, 0.5) is 0 Å². The van der Waals surface area contributed by atoms with Crippen molar-refractivity contribution >= 4 is 29.1 Å². The van der Waals surface area contributed by atoms with Crippen LogP contribution < -0.4 is 0 Å². The number of nitrogens with zero attached hydrogens (tertiary/aromatic N) is 2. The lowest BCUT2D eigenvalue weighted by Crippen LogP contribution is -2.00. The van der Waals surface area contributed by atoms with Crippen LogP contribution in [0.5, 0.6) is 0 Å². The van der Waals surface area contributed by atoms with Gasteiger partial charge in [0.2, 0.25) is 0 Å². The van der Waals surface area contributed by atoms with Gasteiger partial charge in [0.05, 0.1) is 23.9 Å². The Morgan fingerprint density at radius 2 is 2.25 bits per heavy atom. The molecule has 0 fully saturated rings. The van der Waals surface area contributed by atoms with Crippen molar-refractivity contribution in [2.45, 2.75) is 12.2 Å². The summed E-state index contributed by atoms with van der Waals surface area (Å²) in [5.41, 5.74) is 2.71. The number of aromatic nitrogens is 1. The summed E-state index contributed by atoms with van der Waals surface area (Å²) in [7, 11) is 0. The Balaban J connectivity index is 2.21. The molecule has 0 saturated carbocycles. The molecule has 1 aromatic heterocycles. The zero-order valence-electron chi connectivity index (χ0n) is 10.6. The van der Waals surface area contributed by atoms with Crippen LogP contribution in [-0.4, -0.2) is 21.8 Å². The molecule has 1 N–H and O–H groups in total. The van der Waals surface area contributed by atoms with Crippen molar-refractivity contribution in [1.29, 1.82) is 5.26 Å². The van der Waals surface area contributed by atoms with Crippen molar-refractivity contribution < 1.29 is 9.90 Å². The number of carboxylic acids is 1. The standard InChI is InChI=1S/C14H12N2O2S2/c15-5-6-19-8-10-3-1-2-4-12(10)14-16-11(9-20-14)7-13(17)18/h1-4,9H,6-8H2,(H,17,18). The third-order valence-electron chi connectivity index (χ3n) is 2.56. The highest BCUT2D eigenvalue weighted by atomic mass is 32.2. The van der Waals surface area contributed by atoms with Gasteiger partial charge in [-0.05, 0) is 5.56 Å². The number of carbonyl (C=O) groups is 1. The van der Waals surface area contributed by atoms with Gasteiger partial charge in [-0.1, -0.05) is 24.3 Å². The van der Waals surface area contributed by atoms with Crippen LogP contribution in [-0.2, 0) is 17.0 Å². The highest BCUT2D eigenvalue weighted by Gasteiger charge is 2.11. The van der Waals surface area contributed by atoms with Gasteiger partial charge in [-0.25, -0.2) is 4.98 Å². The highest BCUT2D eigenvalue weighted by molar-refractivity contribution is 7.98. The summed E-state index contributed by atoms with van der Waals surface area (Å²) in [6, 6.07) is 9.99. The minimum Gasteiger partial charge on any atom is -0.481 e. The average molecular weight is 304 g/mol. The third kappa shape index (κ3) is 3.83. The molecule has 0 atom stereocenters. The monoisotopic (exact) mass is 304 g/mol. The summed E-state index contributed by atoms with van der Waals surface area (Å²) in [6.07, 6.45) is -0.0537. The summed E-state index contributed by atoms with van der Waals surface area (Å²) in [5.74, 6) is 0.327. The van der Waals surface area contributed by atoms with E-state index in [1.165, 1.54) is 11.3 Å². The Bertz CT molecular complexity index is 647. The summed E-state index contributed by atoms with van der Waals surface area (Å²) in [4.78, 5) is 15.1. The minimum absolute atomic E-state index is 0.0537. The molecule has 6 heteroatoms. The van der Waals surface area contributed by atoms with Crippen molar-refractivity contribution in [3.63, 3.8) is 0 Å². The second-order valence-corrected chi connectivity index (χ2v) is 5.87. The highest BCUT2D eigenvalue weighted by Crippen LogP contribution is 2.29. The summed E-state index contributed by atoms with van der Waals surface area (Å²) in [6.45, 7) is 0. The fourth-order valence-corrected chi connectivity index (χ4v) is 3.27. The maximum absolute atomic E-state index is 10.7. The Hall–Kier alpha value is -1.84. The molecule has 2 aromatic rings. The molecular formula is C14H12N2O2S2. The molecular weight excluding hydrogens is 292 g/mol. The van der Waals surface area contributed by atoms with Crippen molar-refractivity contribution in [2.24, 2.45) is 0 Å². The fraction of sp³-hybridized carbons (Fsp3) is 0.214. The quantitative estimate of drug-likeness (QED) is 0.830. The number of thiazole rings is 1. The minimum atomic E-state index is -0.875. The van der Waals surface area contributed by atoms with Crippen LogP contribution in [0.1, 0.15) is 11.3 Å². The topological polar surface area (TPSA) is 74.0 Å². The SMILES string of the molecule is N#CCSCc1ccccc1-c1nc(CC(=O)O)cs1. The van der Waals surface area contributed by atoms with Crippen molar-refractivity contribution in [1.82, 2.24) is 4.98 Å². The molecule has 0 saturated heterocycles. The van der Waals surface area contributed by atoms with E-state index in [0.29, 0.717) is 11.4 Å². The molecule has 1 aromatic carbocycles. The Labute approximate surface area is 125 Å². The Kier molecular flexibility index (Phi) is 5.16. The lowest BCUT2D eigenvalue weighted by molar-refractivity contribution is -0.136. The second-order valence-electron chi connectivity index (χ2n) is 4.02. The van der Waals surface area contributed by atoms with Crippen LogP contribution in [0, 0.1) is 11.3 Å². The van der Waals surface area contributed by atoms with Crippen LogP contribution in [0.3, 0.4) is 0 Å². The summed E-state index contributed by atoms with van der Waals surface area (Å²) < 4.78 is 0. The van der Waals surface area contributed by atoms with E-state index in [4.69, 9.17) is 10.4 Å². The smallest absolute Gasteiger partial charge is 0.309 e. The van der Waals surface area contributed by atoms with Crippen molar-refractivity contribution in [3.8, 4) is 16.6 Å². The molecule has 0 amide bonds. The average Bonchev–Trinajstić information content (AvgIpc) is 2.87. The molecule has 0 radical (unpaired) electrons. The van der Waals surface area contributed by atoms with Crippen molar-refractivity contribution in [2.75, 3.05) is 5.75 Å². The van der Waals surface area contributed by atoms with Crippen LogP contribution in [0.15, 0.2) is 29.6 Å². The van der Waals surface area contributed by atoms with Gasteiger partial charge in [0.25, 0.3) is 0 Å². The van der Waals surface area contributed by atoms with Gasteiger partial charge < -0.3 is 5.11 Å². The van der Waals surface area contributed by atoms with E-state index in [2.05, 4.69) is 11.1 Å². The van der Waals surface area contributed by atoms with E-state index in [0.717, 1.165) is 21.9 Å². The molecule has 0 aliphatic carbocycles. The molecule has 0 aliphatic rings. The number of aliphatic carboxylic acids is 1. The lowest BCUT2D eigenvalue weighted by atomic mass is 10.1. The van der Waals surface area contributed by atoms with Gasteiger partial charge in [-0.15, -0.1) is 23.1 Å². The number of hydrogen-bond donors (Lipinski definition) is 1. The molecule has 0 aliphatic heterocycles. The van der Waals surface area contributed by atoms with Gasteiger partial charge in [-0.2, -0.15) is 5.26 Å². The van der Waals surface area contributed by atoms with E-state index in [-0.39, 0.29) is 6.42 Å². The van der Waals surface area contributed by atoms with E-state index in [1.807, 2.05) is 24.3 Å². The van der Waals surface area contributed by atoms with Gasteiger partial charge in [0.15, 0.2) is 0 Å². The van der Waals surface area contributed by atoms with E-state index in [1.54, 1.807) is 17.1 Å². The van der Waals surface area contributed by atoms with E-state index >= 15 is 0 Å². The fourth-order valence-electron chi connectivity index (χ4n) is 1.73. The molecule has 0 bridgehead atoms. The first-order valence-corrected chi connectivity index (χ1v) is 7.93. The predicted molar refractivity (Wildman–Crippen MR) is 80.7 cm³/mol. The number of thioether (sulfide) groups is 1.